The molecule has 0 fully saturated rings. The van der Waals surface area contributed by atoms with E-state index in [1.165, 1.54) is 6.04 Å². The van der Waals surface area contributed by atoms with Gasteiger partial charge in [-0.2, -0.15) is 0 Å². The molecular formula is C8H16OSi. The highest BCUT2D eigenvalue weighted by Crippen LogP contribution is 1.98. The largest absolute Gasteiger partial charge is 0.303 e. The van der Waals surface area contributed by atoms with Crippen molar-refractivity contribution in [2.24, 2.45) is 0 Å². The van der Waals surface area contributed by atoms with Crippen LogP contribution in [0.3, 0.4) is 0 Å². The smallest absolute Gasteiger partial charge is 0.119 e. The summed E-state index contributed by atoms with van der Waals surface area (Å²) in [5.41, 5.74) is 0. The van der Waals surface area contributed by atoms with E-state index in [-0.39, 0.29) is 9.52 Å². The molecule has 0 aromatic carbocycles. The molecule has 0 amide bonds. The Balaban J connectivity index is 3.11. The average molecular weight is 156 g/mol. The van der Waals surface area contributed by atoms with Crippen LogP contribution in [0.4, 0.5) is 0 Å². The summed E-state index contributed by atoms with van der Waals surface area (Å²) in [6.45, 7) is 4.27. The number of unbranched alkanes of at least 4 members (excludes halogenated alkanes) is 1. The fourth-order valence-electron chi connectivity index (χ4n) is 0.776. The topological polar surface area (TPSA) is 17.1 Å². The SMILES string of the molecule is C/C=C(\C)[SiH2]CCCC=O. The normalized spacial score (nSPS) is 12.8. The summed E-state index contributed by atoms with van der Waals surface area (Å²) in [6.07, 6.45) is 5.05. The van der Waals surface area contributed by atoms with Gasteiger partial charge in [-0.15, -0.1) is 0 Å². The lowest BCUT2D eigenvalue weighted by molar-refractivity contribution is -0.107. The molecule has 0 unspecified atom stereocenters. The molecule has 0 aliphatic rings. The summed E-state index contributed by atoms with van der Waals surface area (Å²) in [7, 11) is 0.0176. The Morgan fingerprint density at radius 1 is 1.60 bits per heavy atom. The third kappa shape index (κ3) is 5.76. The first kappa shape index (κ1) is 9.63. The molecule has 0 radical (unpaired) electrons. The standard InChI is InChI=1S/C8H16OSi/c1-3-8(2)10-7-5-4-6-9/h3,6H,4-5,7,10H2,1-2H3/b8-3+. The predicted molar refractivity (Wildman–Crippen MR) is 48.1 cm³/mol. The number of allylic oxidation sites excluding steroid dienone is 2. The van der Waals surface area contributed by atoms with Crippen LogP contribution in [-0.2, 0) is 4.79 Å². The van der Waals surface area contributed by atoms with Crippen molar-refractivity contribution in [3.8, 4) is 0 Å². The Labute approximate surface area is 65.3 Å². The minimum atomic E-state index is 0.0176. The van der Waals surface area contributed by atoms with Gasteiger partial charge in [-0.1, -0.05) is 17.3 Å². The molecule has 0 rings (SSSR count). The van der Waals surface area contributed by atoms with E-state index in [4.69, 9.17) is 0 Å². The number of hydrogen-bond donors (Lipinski definition) is 0. The second kappa shape index (κ2) is 6.74. The van der Waals surface area contributed by atoms with E-state index >= 15 is 0 Å². The molecule has 0 aromatic rings. The van der Waals surface area contributed by atoms with Crippen LogP contribution >= 0.6 is 0 Å². The number of carbonyl (C=O) groups excluding carboxylic acids is 1. The molecule has 2 heteroatoms. The minimum Gasteiger partial charge on any atom is -0.303 e. The van der Waals surface area contributed by atoms with Crippen molar-refractivity contribution in [2.45, 2.75) is 32.7 Å². The summed E-state index contributed by atoms with van der Waals surface area (Å²) < 4.78 is 0. The molecule has 0 saturated heterocycles. The zero-order valence-corrected chi connectivity index (χ0v) is 8.31. The van der Waals surface area contributed by atoms with Crippen LogP contribution in [0.25, 0.3) is 0 Å². The van der Waals surface area contributed by atoms with Gasteiger partial charge < -0.3 is 4.79 Å². The molecule has 58 valence electrons. The molecule has 10 heavy (non-hydrogen) atoms. The summed E-state index contributed by atoms with van der Waals surface area (Å²) in [4.78, 5) is 9.92. The first-order valence-electron chi connectivity index (χ1n) is 3.86. The van der Waals surface area contributed by atoms with Crippen LogP contribution < -0.4 is 0 Å². The van der Waals surface area contributed by atoms with E-state index in [2.05, 4.69) is 19.9 Å². The summed E-state index contributed by atoms with van der Waals surface area (Å²) in [6, 6.07) is 1.29. The summed E-state index contributed by atoms with van der Waals surface area (Å²) in [5.74, 6) is 0. The molecule has 0 spiro atoms. The highest BCUT2D eigenvalue weighted by Gasteiger charge is 1.89. The molecule has 0 aromatic heterocycles. The van der Waals surface area contributed by atoms with Gasteiger partial charge in [0.2, 0.25) is 0 Å². The van der Waals surface area contributed by atoms with Gasteiger partial charge in [-0.05, 0) is 20.3 Å². The van der Waals surface area contributed by atoms with Crippen LogP contribution in [0.15, 0.2) is 11.3 Å². The maximum absolute atomic E-state index is 9.92. The zero-order valence-electron chi connectivity index (χ0n) is 6.89. The van der Waals surface area contributed by atoms with E-state index in [1.54, 1.807) is 5.20 Å². The quantitative estimate of drug-likeness (QED) is 0.335. The summed E-state index contributed by atoms with van der Waals surface area (Å²) >= 11 is 0. The van der Waals surface area contributed by atoms with Crippen molar-refractivity contribution >= 4 is 15.8 Å². The third-order valence-corrected chi connectivity index (χ3v) is 3.69. The maximum atomic E-state index is 9.92. The second-order valence-corrected chi connectivity index (χ2v) is 4.87. The first-order valence-corrected chi connectivity index (χ1v) is 5.57. The molecule has 0 N–H and O–H groups in total. The lowest BCUT2D eigenvalue weighted by Gasteiger charge is -1.95. The molecule has 0 aliphatic heterocycles. The minimum absolute atomic E-state index is 0.0176. The van der Waals surface area contributed by atoms with Crippen LogP contribution in [0, 0.1) is 0 Å². The Hall–Kier alpha value is -0.373. The van der Waals surface area contributed by atoms with E-state index in [0.29, 0.717) is 0 Å². The van der Waals surface area contributed by atoms with Crippen molar-refractivity contribution in [1.82, 2.24) is 0 Å². The summed E-state index contributed by atoms with van der Waals surface area (Å²) in [5, 5.41) is 1.56. The molecule has 1 nitrogen and oxygen atoms in total. The van der Waals surface area contributed by atoms with E-state index in [0.717, 1.165) is 19.1 Å². The zero-order chi connectivity index (χ0) is 7.82. The van der Waals surface area contributed by atoms with Crippen molar-refractivity contribution in [3.05, 3.63) is 11.3 Å². The first-order chi connectivity index (χ1) is 4.81. The van der Waals surface area contributed by atoms with Gasteiger partial charge in [-0.3, -0.25) is 0 Å². The second-order valence-electron chi connectivity index (χ2n) is 2.55. The van der Waals surface area contributed by atoms with Gasteiger partial charge in [0.1, 0.15) is 6.29 Å². The van der Waals surface area contributed by atoms with Crippen LogP contribution in [-0.4, -0.2) is 15.8 Å². The van der Waals surface area contributed by atoms with Crippen LogP contribution in [0.5, 0.6) is 0 Å². The molecule has 0 bridgehead atoms. The van der Waals surface area contributed by atoms with Crippen LogP contribution in [0.2, 0.25) is 6.04 Å². The average Bonchev–Trinajstić information content (AvgIpc) is 1.98. The Bertz CT molecular complexity index is 118. The van der Waals surface area contributed by atoms with Gasteiger partial charge in [0.25, 0.3) is 0 Å². The van der Waals surface area contributed by atoms with Crippen LogP contribution in [0.1, 0.15) is 26.7 Å². The molecule has 0 atom stereocenters. The number of carbonyl (C=O) groups is 1. The lowest BCUT2D eigenvalue weighted by atomic mass is 10.4. The van der Waals surface area contributed by atoms with Gasteiger partial charge in [-0.25, -0.2) is 0 Å². The Morgan fingerprint density at radius 2 is 2.30 bits per heavy atom. The highest BCUT2D eigenvalue weighted by atomic mass is 28.2. The predicted octanol–water partition coefficient (Wildman–Crippen LogP) is 1.48. The van der Waals surface area contributed by atoms with Crippen molar-refractivity contribution in [2.75, 3.05) is 0 Å². The Kier molecular flexibility index (Phi) is 6.49. The monoisotopic (exact) mass is 156 g/mol. The lowest BCUT2D eigenvalue weighted by Crippen LogP contribution is -1.91. The molecule has 0 aliphatic carbocycles. The van der Waals surface area contributed by atoms with E-state index in [9.17, 15) is 4.79 Å². The number of hydrogen-bond acceptors (Lipinski definition) is 1. The van der Waals surface area contributed by atoms with Gasteiger partial charge >= 0.3 is 0 Å². The number of rotatable bonds is 5. The fraction of sp³-hybridized carbons (Fsp3) is 0.625. The van der Waals surface area contributed by atoms with Crippen molar-refractivity contribution in [3.63, 3.8) is 0 Å². The molecule has 0 saturated carbocycles. The van der Waals surface area contributed by atoms with Crippen molar-refractivity contribution < 1.29 is 4.79 Å². The fourth-order valence-corrected chi connectivity index (χ4v) is 2.16. The van der Waals surface area contributed by atoms with E-state index < -0.39 is 0 Å². The number of aldehydes is 1. The molecule has 0 heterocycles. The van der Waals surface area contributed by atoms with Gasteiger partial charge in [0.15, 0.2) is 0 Å². The maximum Gasteiger partial charge on any atom is 0.119 e. The van der Waals surface area contributed by atoms with E-state index in [1.807, 2.05) is 0 Å². The van der Waals surface area contributed by atoms with Crippen molar-refractivity contribution in [1.29, 1.82) is 0 Å². The third-order valence-electron chi connectivity index (χ3n) is 1.64. The van der Waals surface area contributed by atoms with Gasteiger partial charge in [0, 0.05) is 15.9 Å². The highest BCUT2D eigenvalue weighted by molar-refractivity contribution is 6.44. The Morgan fingerprint density at radius 3 is 2.80 bits per heavy atom. The molecular weight excluding hydrogens is 140 g/mol. The van der Waals surface area contributed by atoms with Gasteiger partial charge in [0.05, 0.1) is 0 Å².